The van der Waals surface area contributed by atoms with Crippen LogP contribution < -0.4 is 4.18 Å². The molecule has 5 heteroatoms. The van der Waals surface area contributed by atoms with E-state index in [2.05, 4.69) is 4.18 Å². The van der Waals surface area contributed by atoms with Gasteiger partial charge in [-0.1, -0.05) is 0 Å². The lowest BCUT2D eigenvalue weighted by molar-refractivity contribution is 0.383. The van der Waals surface area contributed by atoms with Crippen LogP contribution in [0.2, 0.25) is 0 Å². The van der Waals surface area contributed by atoms with Crippen molar-refractivity contribution >= 4 is 11.4 Å². The summed E-state index contributed by atoms with van der Waals surface area (Å²) in [6.07, 6.45) is 0. The molecule has 0 bridgehead atoms. The van der Waals surface area contributed by atoms with Gasteiger partial charge in [-0.3, -0.25) is 4.18 Å². The first-order chi connectivity index (χ1) is 5.72. The quantitative estimate of drug-likeness (QED) is 0.723. The van der Waals surface area contributed by atoms with Crippen LogP contribution in [0.3, 0.4) is 0 Å². The molecule has 1 aromatic rings. The molecule has 0 aliphatic rings. The van der Waals surface area contributed by atoms with Crippen molar-refractivity contribution in [2.45, 2.75) is 0 Å². The largest absolute Gasteiger partial charge is 0.380 e. The zero-order valence-corrected chi connectivity index (χ0v) is 7.14. The Morgan fingerprint density at radius 1 is 1.33 bits per heavy atom. The lowest BCUT2D eigenvalue weighted by Crippen LogP contribution is -2.01. The van der Waals surface area contributed by atoms with Crippen molar-refractivity contribution in [3.05, 3.63) is 30.1 Å². The highest BCUT2D eigenvalue weighted by Gasteiger charge is 1.99. The van der Waals surface area contributed by atoms with Crippen LogP contribution in [-0.2, 0) is 15.5 Å². The summed E-state index contributed by atoms with van der Waals surface area (Å²) in [7, 11) is 1.25. The molecule has 66 valence electrons. The smallest absolute Gasteiger partial charge is 0.359 e. The first-order valence-corrected chi connectivity index (χ1v) is 4.12. The molecular weight excluding hydrogens is 183 g/mol. The maximum atomic E-state index is 12.3. The number of halogens is 1. The lowest BCUT2D eigenvalue weighted by Gasteiger charge is -2.00. The van der Waals surface area contributed by atoms with E-state index in [4.69, 9.17) is 4.18 Å². The fourth-order valence-electron chi connectivity index (χ4n) is 0.603. The van der Waals surface area contributed by atoms with Gasteiger partial charge in [-0.15, -0.1) is 0 Å². The predicted molar refractivity (Wildman–Crippen MR) is 42.2 cm³/mol. The summed E-state index contributed by atoms with van der Waals surface area (Å²) in [5.41, 5.74) is 0. The van der Waals surface area contributed by atoms with Crippen LogP contribution in [0, 0.1) is 5.82 Å². The topological polar surface area (TPSA) is 35.5 Å². The van der Waals surface area contributed by atoms with E-state index in [0.29, 0.717) is 5.75 Å². The van der Waals surface area contributed by atoms with Crippen LogP contribution in [-0.4, -0.2) is 11.3 Å². The highest BCUT2D eigenvalue weighted by atomic mass is 32.2. The molecule has 0 aliphatic carbocycles. The maximum absolute atomic E-state index is 12.3. The summed E-state index contributed by atoms with van der Waals surface area (Å²) >= 11 is -1.81. The van der Waals surface area contributed by atoms with Crippen LogP contribution in [0.25, 0.3) is 0 Å². The molecule has 1 rings (SSSR count). The minimum atomic E-state index is -1.81. The van der Waals surface area contributed by atoms with Crippen LogP contribution in [0.1, 0.15) is 0 Å². The molecule has 0 N–H and O–H groups in total. The second-order valence-corrected chi connectivity index (χ2v) is 2.82. The number of hydrogen-bond acceptors (Lipinski definition) is 3. The van der Waals surface area contributed by atoms with E-state index in [9.17, 15) is 8.60 Å². The van der Waals surface area contributed by atoms with Crippen molar-refractivity contribution in [3.8, 4) is 5.75 Å². The van der Waals surface area contributed by atoms with E-state index < -0.39 is 11.4 Å². The molecule has 0 saturated heterocycles. The molecule has 1 atom stereocenters. The van der Waals surface area contributed by atoms with Crippen LogP contribution in [0.15, 0.2) is 24.3 Å². The Hall–Kier alpha value is -0.940. The average Bonchev–Trinajstić information content (AvgIpc) is 2.09. The standard InChI is InChI=1S/C7H7FO3S/c1-10-12(9)11-7-4-2-6(8)3-5-7/h2-5H,1H3. The van der Waals surface area contributed by atoms with Crippen LogP contribution >= 0.6 is 0 Å². The van der Waals surface area contributed by atoms with E-state index in [1.165, 1.54) is 31.4 Å². The van der Waals surface area contributed by atoms with Gasteiger partial charge in [-0.2, -0.15) is 4.21 Å². The molecule has 12 heavy (non-hydrogen) atoms. The molecule has 0 spiro atoms. The normalized spacial score (nSPS) is 12.5. The van der Waals surface area contributed by atoms with E-state index in [1.54, 1.807) is 0 Å². The van der Waals surface area contributed by atoms with Crippen molar-refractivity contribution in [1.29, 1.82) is 0 Å². The average molecular weight is 190 g/mol. The highest BCUT2D eigenvalue weighted by Crippen LogP contribution is 2.12. The van der Waals surface area contributed by atoms with Gasteiger partial charge in [0.05, 0.1) is 7.11 Å². The fourth-order valence-corrected chi connectivity index (χ4v) is 0.939. The van der Waals surface area contributed by atoms with Gasteiger partial charge >= 0.3 is 11.4 Å². The first-order valence-electron chi connectivity index (χ1n) is 3.12. The summed E-state index contributed by atoms with van der Waals surface area (Å²) in [5, 5.41) is 0. The summed E-state index contributed by atoms with van der Waals surface area (Å²) in [6, 6.07) is 5.16. The molecule has 1 aromatic carbocycles. The summed E-state index contributed by atoms with van der Waals surface area (Å²) < 4.78 is 32.0. The molecule has 3 nitrogen and oxygen atoms in total. The maximum Gasteiger partial charge on any atom is 0.359 e. The van der Waals surface area contributed by atoms with Gasteiger partial charge in [-0.25, -0.2) is 4.39 Å². The molecule has 0 heterocycles. The zero-order chi connectivity index (χ0) is 8.97. The van der Waals surface area contributed by atoms with E-state index in [1.807, 2.05) is 0 Å². The van der Waals surface area contributed by atoms with Crippen molar-refractivity contribution < 1.29 is 17.0 Å². The first kappa shape index (κ1) is 9.15. The summed E-state index contributed by atoms with van der Waals surface area (Å²) in [6.45, 7) is 0. The van der Waals surface area contributed by atoms with Gasteiger partial charge < -0.3 is 4.18 Å². The van der Waals surface area contributed by atoms with Gasteiger partial charge in [0.2, 0.25) is 0 Å². The molecule has 0 aromatic heterocycles. The summed E-state index contributed by atoms with van der Waals surface area (Å²) in [5.74, 6) is -0.0675. The Bertz CT molecular complexity index is 272. The molecule has 0 fully saturated rings. The molecule has 0 radical (unpaired) electrons. The minimum absolute atomic E-state index is 0.302. The van der Waals surface area contributed by atoms with Crippen molar-refractivity contribution in [1.82, 2.24) is 0 Å². The van der Waals surface area contributed by atoms with Crippen molar-refractivity contribution in [2.24, 2.45) is 0 Å². The Labute approximate surface area is 72.0 Å². The van der Waals surface area contributed by atoms with Gasteiger partial charge in [-0.05, 0) is 24.3 Å². The second kappa shape index (κ2) is 4.18. The van der Waals surface area contributed by atoms with Crippen LogP contribution in [0.5, 0.6) is 5.75 Å². The Morgan fingerprint density at radius 3 is 2.42 bits per heavy atom. The van der Waals surface area contributed by atoms with Gasteiger partial charge in [0, 0.05) is 0 Å². The predicted octanol–water partition coefficient (Wildman–Crippen LogP) is 1.43. The Kier molecular flexibility index (Phi) is 3.19. The summed E-state index contributed by atoms with van der Waals surface area (Å²) in [4.78, 5) is 0. The fraction of sp³-hybridized carbons (Fsp3) is 0.143. The lowest BCUT2D eigenvalue weighted by atomic mass is 10.3. The van der Waals surface area contributed by atoms with E-state index >= 15 is 0 Å². The molecule has 0 amide bonds. The number of benzene rings is 1. The highest BCUT2D eigenvalue weighted by molar-refractivity contribution is 7.75. The van der Waals surface area contributed by atoms with Gasteiger partial charge in [0.25, 0.3) is 0 Å². The third-order valence-corrected chi connectivity index (χ3v) is 1.71. The van der Waals surface area contributed by atoms with Crippen molar-refractivity contribution in [2.75, 3.05) is 7.11 Å². The molecule has 0 saturated carbocycles. The Balaban J connectivity index is 2.64. The second-order valence-electron chi connectivity index (χ2n) is 1.91. The zero-order valence-electron chi connectivity index (χ0n) is 6.32. The Morgan fingerprint density at radius 2 is 1.92 bits per heavy atom. The third kappa shape index (κ3) is 2.60. The van der Waals surface area contributed by atoms with E-state index in [0.717, 1.165) is 0 Å². The van der Waals surface area contributed by atoms with E-state index in [-0.39, 0.29) is 5.82 Å². The number of hydrogen-bond donors (Lipinski definition) is 0. The SMILES string of the molecule is COS(=O)Oc1ccc(F)cc1. The minimum Gasteiger partial charge on any atom is -0.380 e. The molecular formula is C7H7FO3S. The van der Waals surface area contributed by atoms with Crippen molar-refractivity contribution in [3.63, 3.8) is 0 Å². The molecule has 0 aliphatic heterocycles. The van der Waals surface area contributed by atoms with Gasteiger partial charge in [0.1, 0.15) is 11.6 Å². The monoisotopic (exact) mass is 190 g/mol. The van der Waals surface area contributed by atoms with Gasteiger partial charge in [0.15, 0.2) is 0 Å². The number of rotatable bonds is 3. The molecule has 1 unspecified atom stereocenters. The van der Waals surface area contributed by atoms with Crippen LogP contribution in [0.4, 0.5) is 4.39 Å². The third-order valence-electron chi connectivity index (χ3n) is 1.11.